The normalized spacial score (nSPS) is 19.6. The van der Waals surface area contributed by atoms with Crippen LogP contribution in [0.4, 0.5) is 0 Å². The molecule has 0 bridgehead atoms. The van der Waals surface area contributed by atoms with Crippen molar-refractivity contribution in [2.45, 2.75) is 104 Å². The number of unbranched alkanes of at least 4 members (excludes halogenated alkanes) is 2. The van der Waals surface area contributed by atoms with Crippen LogP contribution in [0.15, 0.2) is 22.3 Å². The Morgan fingerprint density at radius 3 is 1.48 bits per heavy atom. The first kappa shape index (κ1) is 18.8. The minimum absolute atomic E-state index is 0.966. The van der Waals surface area contributed by atoms with Gasteiger partial charge in [0.1, 0.15) is 0 Å². The second kappa shape index (κ2) is 11.1. The lowest BCUT2D eigenvalue weighted by Crippen LogP contribution is -2.01. The van der Waals surface area contributed by atoms with Gasteiger partial charge in [0, 0.05) is 13.2 Å². The largest absolute Gasteiger partial charge is 0.381 e. The van der Waals surface area contributed by atoms with Gasteiger partial charge in [-0.3, -0.25) is 0 Å². The SMILES string of the molecule is CC1=C(CCCCOCCCCC2=C(C)CCCC2)CCCC1. The van der Waals surface area contributed by atoms with Gasteiger partial charge in [0.2, 0.25) is 0 Å². The second-order valence-electron chi connectivity index (χ2n) is 7.71. The highest BCUT2D eigenvalue weighted by Gasteiger charge is 2.09. The van der Waals surface area contributed by atoms with E-state index >= 15 is 0 Å². The Balaban J connectivity index is 1.42. The lowest BCUT2D eigenvalue weighted by Gasteiger charge is -2.18. The number of hydrogen-bond acceptors (Lipinski definition) is 1. The molecular weight excluding hydrogens is 280 g/mol. The molecule has 0 N–H and O–H groups in total. The van der Waals surface area contributed by atoms with Crippen LogP contribution < -0.4 is 0 Å². The quantitative estimate of drug-likeness (QED) is 0.307. The van der Waals surface area contributed by atoms with Crippen LogP contribution in [-0.2, 0) is 4.74 Å². The van der Waals surface area contributed by atoms with Crippen LogP contribution >= 0.6 is 0 Å². The van der Waals surface area contributed by atoms with E-state index in [-0.39, 0.29) is 0 Å². The Morgan fingerprint density at radius 2 is 1.04 bits per heavy atom. The van der Waals surface area contributed by atoms with Crippen LogP contribution in [0.2, 0.25) is 0 Å². The van der Waals surface area contributed by atoms with Crippen molar-refractivity contribution in [3.63, 3.8) is 0 Å². The highest BCUT2D eigenvalue weighted by Crippen LogP contribution is 2.28. The average Bonchev–Trinajstić information content (AvgIpc) is 2.56. The minimum Gasteiger partial charge on any atom is -0.381 e. The maximum Gasteiger partial charge on any atom is 0.0466 e. The first-order chi connectivity index (χ1) is 11.3. The van der Waals surface area contributed by atoms with E-state index < -0.39 is 0 Å². The lowest BCUT2D eigenvalue weighted by atomic mass is 9.90. The van der Waals surface area contributed by atoms with Gasteiger partial charge in [-0.1, -0.05) is 22.3 Å². The maximum absolute atomic E-state index is 5.83. The summed E-state index contributed by atoms with van der Waals surface area (Å²) in [5, 5.41) is 0. The fourth-order valence-electron chi connectivity index (χ4n) is 4.10. The summed E-state index contributed by atoms with van der Waals surface area (Å²) in [4.78, 5) is 0. The molecule has 0 radical (unpaired) electrons. The standard InChI is InChI=1S/C22H38O/c1-19-11-3-5-13-21(19)15-7-9-17-23-18-10-8-16-22-14-6-4-12-20(22)2/h3-18H2,1-2H3. The zero-order chi connectivity index (χ0) is 16.3. The van der Waals surface area contributed by atoms with Crippen molar-refractivity contribution >= 4 is 0 Å². The molecule has 0 saturated carbocycles. The van der Waals surface area contributed by atoms with Crippen LogP contribution in [0.5, 0.6) is 0 Å². The van der Waals surface area contributed by atoms with E-state index in [1.54, 1.807) is 22.3 Å². The van der Waals surface area contributed by atoms with Crippen molar-refractivity contribution in [2.24, 2.45) is 0 Å². The molecular formula is C22H38O. The molecule has 0 heterocycles. The van der Waals surface area contributed by atoms with Crippen molar-refractivity contribution in [1.82, 2.24) is 0 Å². The molecule has 0 aromatic carbocycles. The molecule has 0 aromatic heterocycles. The minimum atomic E-state index is 0.966. The average molecular weight is 319 g/mol. The van der Waals surface area contributed by atoms with E-state index in [1.807, 2.05) is 0 Å². The van der Waals surface area contributed by atoms with Crippen LogP contribution in [0.25, 0.3) is 0 Å². The van der Waals surface area contributed by atoms with Gasteiger partial charge in [0.05, 0.1) is 0 Å². The predicted molar refractivity (Wildman–Crippen MR) is 101 cm³/mol. The van der Waals surface area contributed by atoms with Crippen molar-refractivity contribution < 1.29 is 4.74 Å². The van der Waals surface area contributed by atoms with Crippen molar-refractivity contribution in [3.05, 3.63) is 22.3 Å². The molecule has 2 rings (SSSR count). The summed E-state index contributed by atoms with van der Waals surface area (Å²) in [6.07, 6.45) is 18.8. The molecule has 132 valence electrons. The van der Waals surface area contributed by atoms with Gasteiger partial charge >= 0.3 is 0 Å². The maximum atomic E-state index is 5.83. The second-order valence-corrected chi connectivity index (χ2v) is 7.71. The van der Waals surface area contributed by atoms with Gasteiger partial charge in [-0.2, -0.15) is 0 Å². The highest BCUT2D eigenvalue weighted by atomic mass is 16.5. The zero-order valence-corrected chi connectivity index (χ0v) is 15.7. The lowest BCUT2D eigenvalue weighted by molar-refractivity contribution is 0.126. The summed E-state index contributed by atoms with van der Waals surface area (Å²) in [6, 6.07) is 0. The van der Waals surface area contributed by atoms with Crippen LogP contribution in [0.3, 0.4) is 0 Å². The van der Waals surface area contributed by atoms with Crippen LogP contribution in [-0.4, -0.2) is 13.2 Å². The summed E-state index contributed by atoms with van der Waals surface area (Å²) in [6.45, 7) is 6.62. The van der Waals surface area contributed by atoms with Crippen molar-refractivity contribution in [2.75, 3.05) is 13.2 Å². The molecule has 0 fully saturated rings. The number of allylic oxidation sites excluding steroid dienone is 4. The third-order valence-electron chi connectivity index (χ3n) is 5.80. The fourth-order valence-corrected chi connectivity index (χ4v) is 4.10. The van der Waals surface area contributed by atoms with E-state index in [4.69, 9.17) is 4.74 Å². The first-order valence-corrected chi connectivity index (χ1v) is 10.2. The van der Waals surface area contributed by atoms with Crippen LogP contribution in [0.1, 0.15) is 104 Å². The van der Waals surface area contributed by atoms with Crippen molar-refractivity contribution in [3.8, 4) is 0 Å². The molecule has 0 atom stereocenters. The van der Waals surface area contributed by atoms with Gasteiger partial charge < -0.3 is 4.74 Å². The summed E-state index contributed by atoms with van der Waals surface area (Å²) in [5.74, 6) is 0. The molecule has 2 aliphatic carbocycles. The molecule has 0 saturated heterocycles. The molecule has 1 heteroatoms. The topological polar surface area (TPSA) is 9.23 Å². The van der Waals surface area contributed by atoms with E-state index in [1.165, 1.54) is 89.9 Å². The molecule has 0 unspecified atom stereocenters. The fraction of sp³-hybridized carbons (Fsp3) is 0.818. The van der Waals surface area contributed by atoms with Gasteiger partial charge in [-0.15, -0.1) is 0 Å². The predicted octanol–water partition coefficient (Wildman–Crippen LogP) is 7.12. The van der Waals surface area contributed by atoms with E-state index in [0.29, 0.717) is 0 Å². The Bertz CT molecular complexity index is 364. The van der Waals surface area contributed by atoms with Crippen molar-refractivity contribution in [1.29, 1.82) is 0 Å². The van der Waals surface area contributed by atoms with Gasteiger partial charge in [0.15, 0.2) is 0 Å². The van der Waals surface area contributed by atoms with E-state index in [9.17, 15) is 0 Å². The van der Waals surface area contributed by atoms with Gasteiger partial charge in [-0.25, -0.2) is 0 Å². The molecule has 0 aliphatic heterocycles. The zero-order valence-electron chi connectivity index (χ0n) is 15.7. The summed E-state index contributed by atoms with van der Waals surface area (Å²) >= 11 is 0. The number of rotatable bonds is 10. The highest BCUT2D eigenvalue weighted by molar-refractivity contribution is 5.15. The number of hydrogen-bond donors (Lipinski definition) is 0. The molecule has 0 spiro atoms. The van der Waals surface area contributed by atoms with E-state index in [2.05, 4.69) is 13.8 Å². The smallest absolute Gasteiger partial charge is 0.0466 e. The van der Waals surface area contributed by atoms with Gasteiger partial charge in [0.25, 0.3) is 0 Å². The Hall–Kier alpha value is -0.560. The monoisotopic (exact) mass is 318 g/mol. The molecule has 2 aliphatic rings. The van der Waals surface area contributed by atoms with Gasteiger partial charge in [-0.05, 0) is 104 Å². The Labute approximate surface area is 144 Å². The van der Waals surface area contributed by atoms with E-state index in [0.717, 1.165) is 13.2 Å². The number of ether oxygens (including phenoxy) is 1. The molecule has 0 amide bonds. The Morgan fingerprint density at radius 1 is 0.609 bits per heavy atom. The van der Waals surface area contributed by atoms with Crippen LogP contribution in [0, 0.1) is 0 Å². The Kier molecular flexibility index (Phi) is 9.04. The third-order valence-corrected chi connectivity index (χ3v) is 5.80. The first-order valence-electron chi connectivity index (χ1n) is 10.2. The molecule has 23 heavy (non-hydrogen) atoms. The third kappa shape index (κ3) is 7.25. The summed E-state index contributed by atoms with van der Waals surface area (Å²) in [7, 11) is 0. The summed E-state index contributed by atoms with van der Waals surface area (Å²) < 4.78 is 5.83. The summed E-state index contributed by atoms with van der Waals surface area (Å²) in [5.41, 5.74) is 6.88. The molecule has 1 nitrogen and oxygen atoms in total. The molecule has 0 aromatic rings.